The number of furan rings is 3. The van der Waals surface area contributed by atoms with E-state index < -0.39 is 0 Å². The summed E-state index contributed by atoms with van der Waals surface area (Å²) in [4.78, 5) is 8.48. The third-order valence-corrected chi connectivity index (χ3v) is 7.71. The molecule has 4 aromatic carbocycles. The molecule has 0 amide bonds. The molecule has 182 valence electrons. The lowest BCUT2D eigenvalue weighted by molar-refractivity contribution is 0.662. The van der Waals surface area contributed by atoms with Crippen molar-refractivity contribution in [3.8, 4) is 22.3 Å². The molecule has 0 radical (unpaired) electrons. The summed E-state index contributed by atoms with van der Waals surface area (Å²) in [6.07, 6.45) is 7.12. The maximum atomic E-state index is 6.76. The molecule has 0 bridgehead atoms. The minimum atomic E-state index is 0.771. The summed E-state index contributed by atoms with van der Waals surface area (Å²) in [6, 6.07) is 29.1. The van der Waals surface area contributed by atoms with E-state index in [1.165, 1.54) is 0 Å². The number of hydrogen-bond acceptors (Lipinski definition) is 5. The molecule has 0 aliphatic heterocycles. The number of pyridine rings is 2. The molecule has 9 aromatic rings. The van der Waals surface area contributed by atoms with Crippen LogP contribution < -0.4 is 0 Å². The molecule has 0 saturated carbocycles. The van der Waals surface area contributed by atoms with E-state index in [0.29, 0.717) is 0 Å². The monoisotopic (exact) mass is 502 g/mol. The average molecular weight is 503 g/mol. The molecular formula is C34H18N2O3. The van der Waals surface area contributed by atoms with Crippen molar-refractivity contribution in [2.45, 2.75) is 0 Å². The maximum absolute atomic E-state index is 6.76. The summed E-state index contributed by atoms with van der Waals surface area (Å²) in [5, 5.41) is 6.33. The van der Waals surface area contributed by atoms with Crippen molar-refractivity contribution in [2.24, 2.45) is 0 Å². The fourth-order valence-electron chi connectivity index (χ4n) is 5.97. The van der Waals surface area contributed by atoms with Crippen molar-refractivity contribution in [3.63, 3.8) is 0 Å². The van der Waals surface area contributed by atoms with Crippen molar-refractivity contribution >= 4 is 65.8 Å². The van der Waals surface area contributed by atoms with Gasteiger partial charge >= 0.3 is 0 Å². The number of nitrogens with zero attached hydrogens (tertiary/aromatic N) is 2. The fraction of sp³-hybridized carbons (Fsp3) is 0. The predicted molar refractivity (Wildman–Crippen MR) is 155 cm³/mol. The second-order valence-corrected chi connectivity index (χ2v) is 9.78. The van der Waals surface area contributed by atoms with Gasteiger partial charge in [0.2, 0.25) is 0 Å². The van der Waals surface area contributed by atoms with Crippen LogP contribution in [-0.2, 0) is 0 Å². The number of benzene rings is 4. The minimum absolute atomic E-state index is 0.771. The zero-order valence-corrected chi connectivity index (χ0v) is 20.5. The quantitative estimate of drug-likeness (QED) is 0.235. The smallest absolute Gasteiger partial charge is 0.153 e. The average Bonchev–Trinajstić information content (AvgIpc) is 3.68. The van der Waals surface area contributed by atoms with E-state index in [4.69, 9.17) is 13.3 Å². The van der Waals surface area contributed by atoms with Gasteiger partial charge in [0.05, 0.1) is 12.4 Å². The van der Waals surface area contributed by atoms with Crippen LogP contribution in [0.4, 0.5) is 0 Å². The normalized spacial score (nSPS) is 12.1. The Hall–Kier alpha value is -5.42. The van der Waals surface area contributed by atoms with E-state index in [1.807, 2.05) is 12.1 Å². The lowest BCUT2D eigenvalue weighted by Crippen LogP contribution is -1.80. The minimum Gasteiger partial charge on any atom is -0.455 e. The van der Waals surface area contributed by atoms with Gasteiger partial charge < -0.3 is 13.3 Å². The highest BCUT2D eigenvalue weighted by Gasteiger charge is 2.20. The first kappa shape index (κ1) is 20.6. The molecule has 9 rings (SSSR count). The van der Waals surface area contributed by atoms with E-state index >= 15 is 0 Å². The Morgan fingerprint density at radius 3 is 1.13 bits per heavy atom. The van der Waals surface area contributed by atoms with Crippen molar-refractivity contribution in [2.75, 3.05) is 0 Å². The predicted octanol–water partition coefficient (Wildman–Crippen LogP) is 9.51. The highest BCUT2D eigenvalue weighted by atomic mass is 16.3. The van der Waals surface area contributed by atoms with Gasteiger partial charge in [-0.3, -0.25) is 9.97 Å². The lowest BCUT2D eigenvalue weighted by atomic mass is 9.98. The third kappa shape index (κ3) is 2.79. The van der Waals surface area contributed by atoms with E-state index in [2.05, 4.69) is 82.8 Å². The molecule has 0 aliphatic carbocycles. The van der Waals surface area contributed by atoms with Crippen LogP contribution in [0.1, 0.15) is 0 Å². The van der Waals surface area contributed by atoms with Gasteiger partial charge in [-0.2, -0.15) is 0 Å². The van der Waals surface area contributed by atoms with E-state index in [0.717, 1.165) is 88.1 Å². The molecule has 0 unspecified atom stereocenters. The number of hydrogen-bond donors (Lipinski definition) is 0. The highest BCUT2D eigenvalue weighted by Crippen LogP contribution is 2.44. The summed E-state index contributed by atoms with van der Waals surface area (Å²) in [7, 11) is 0. The van der Waals surface area contributed by atoms with Crippen LogP contribution in [0.15, 0.2) is 123 Å². The topological polar surface area (TPSA) is 65.2 Å². The molecule has 39 heavy (non-hydrogen) atoms. The number of rotatable bonds is 2. The van der Waals surface area contributed by atoms with Gasteiger partial charge in [-0.25, -0.2) is 0 Å². The molecule has 0 spiro atoms. The Morgan fingerprint density at radius 2 is 0.718 bits per heavy atom. The second kappa shape index (κ2) is 7.55. The first-order valence-electron chi connectivity index (χ1n) is 12.8. The maximum Gasteiger partial charge on any atom is 0.153 e. The molecule has 0 saturated heterocycles. The van der Waals surface area contributed by atoms with Gasteiger partial charge in [0.15, 0.2) is 11.2 Å². The van der Waals surface area contributed by atoms with Crippen molar-refractivity contribution in [3.05, 3.63) is 110 Å². The molecular weight excluding hydrogens is 484 g/mol. The van der Waals surface area contributed by atoms with Crippen LogP contribution in [0, 0.1) is 0 Å². The number of fused-ring (bicyclic) bond motifs is 9. The van der Waals surface area contributed by atoms with Crippen LogP contribution in [0.5, 0.6) is 0 Å². The third-order valence-electron chi connectivity index (χ3n) is 7.71. The van der Waals surface area contributed by atoms with E-state index in [9.17, 15) is 0 Å². The van der Waals surface area contributed by atoms with Crippen LogP contribution in [0.25, 0.3) is 88.1 Å². The van der Waals surface area contributed by atoms with Gasteiger partial charge in [-0.1, -0.05) is 72.8 Å². The molecule has 5 nitrogen and oxygen atoms in total. The molecule has 0 atom stereocenters. The largest absolute Gasteiger partial charge is 0.455 e. The van der Waals surface area contributed by atoms with Gasteiger partial charge in [0, 0.05) is 67.0 Å². The summed E-state index contributed by atoms with van der Waals surface area (Å²) in [6.45, 7) is 0. The van der Waals surface area contributed by atoms with Crippen LogP contribution in [0.2, 0.25) is 0 Å². The SMILES string of the molecule is c1cc(-c2cccc3c2oc2c(-c4cccc5c4oc4cnccc45)cccc23)c2oc3cnccc3c2c1. The van der Waals surface area contributed by atoms with E-state index in [-0.39, 0.29) is 0 Å². The Balaban J connectivity index is 1.34. The lowest BCUT2D eigenvalue weighted by Gasteiger charge is -2.04. The summed E-state index contributed by atoms with van der Waals surface area (Å²) in [5.74, 6) is 0. The Bertz CT molecular complexity index is 2240. The molecule has 5 aromatic heterocycles. The van der Waals surface area contributed by atoms with Gasteiger partial charge in [0.25, 0.3) is 0 Å². The first-order valence-corrected chi connectivity index (χ1v) is 12.8. The number of aromatic nitrogens is 2. The summed E-state index contributed by atoms with van der Waals surface area (Å²) in [5.41, 5.74) is 8.80. The molecule has 0 fully saturated rings. The Kier molecular flexibility index (Phi) is 3.99. The number of para-hydroxylation sites is 4. The fourth-order valence-corrected chi connectivity index (χ4v) is 5.97. The van der Waals surface area contributed by atoms with Crippen molar-refractivity contribution in [1.29, 1.82) is 0 Å². The van der Waals surface area contributed by atoms with Crippen LogP contribution >= 0.6 is 0 Å². The zero-order chi connectivity index (χ0) is 25.5. The van der Waals surface area contributed by atoms with Crippen LogP contribution in [-0.4, -0.2) is 9.97 Å². The highest BCUT2D eigenvalue weighted by molar-refractivity contribution is 6.18. The zero-order valence-electron chi connectivity index (χ0n) is 20.5. The summed E-state index contributed by atoms with van der Waals surface area (Å²) >= 11 is 0. The molecule has 5 heteroatoms. The van der Waals surface area contributed by atoms with Gasteiger partial charge in [-0.05, 0) is 12.1 Å². The standard InChI is InChI=1S/C34H18N2O3/c1-5-21-19-13-15-35-17-29(19)37-31(21)23(7-1)25-9-3-11-27-28-12-4-10-26(34(28)39-33(25)27)24-8-2-6-22-20-14-16-36-18-30(20)38-32(22)24/h1-18H. The van der Waals surface area contributed by atoms with E-state index in [1.54, 1.807) is 24.8 Å². The molecule has 0 N–H and O–H groups in total. The van der Waals surface area contributed by atoms with Gasteiger partial charge in [-0.15, -0.1) is 0 Å². The Labute approximate surface area is 220 Å². The summed E-state index contributed by atoms with van der Waals surface area (Å²) < 4.78 is 19.4. The Morgan fingerprint density at radius 1 is 0.359 bits per heavy atom. The molecule has 0 aliphatic rings. The van der Waals surface area contributed by atoms with Crippen molar-refractivity contribution < 1.29 is 13.3 Å². The van der Waals surface area contributed by atoms with Gasteiger partial charge in [0.1, 0.15) is 22.3 Å². The van der Waals surface area contributed by atoms with Crippen LogP contribution in [0.3, 0.4) is 0 Å². The molecule has 5 heterocycles. The second-order valence-electron chi connectivity index (χ2n) is 9.78. The first-order chi connectivity index (χ1) is 19.3. The van der Waals surface area contributed by atoms with Crippen molar-refractivity contribution in [1.82, 2.24) is 9.97 Å².